The van der Waals surface area contributed by atoms with Crippen molar-refractivity contribution in [2.24, 2.45) is 0 Å². The summed E-state index contributed by atoms with van der Waals surface area (Å²) in [6.45, 7) is 0. The quantitative estimate of drug-likeness (QED) is 0.429. The van der Waals surface area contributed by atoms with Crippen LogP contribution in [-0.2, 0) is 50.4 Å². The largest absolute Gasteiger partial charge is 3.00 e. The maximum atomic E-state index is 9.24. The predicted molar refractivity (Wildman–Crippen MR) is 19.8 cm³/mol. The Balaban J connectivity index is -0.000000126. The van der Waals surface area contributed by atoms with Gasteiger partial charge in [-0.05, 0) is 0 Å². The molecule has 0 spiro atoms. The Morgan fingerprint density at radius 3 is 1.17 bits per heavy atom. The fourth-order valence-corrected chi connectivity index (χ4v) is 0. The molecule has 0 aliphatic carbocycles. The van der Waals surface area contributed by atoms with Gasteiger partial charge >= 0.3 is 57.0 Å². The molecule has 0 bridgehead atoms. The van der Waals surface area contributed by atoms with Crippen LogP contribution >= 0.6 is 0 Å². The molecule has 8 heteroatoms. The van der Waals surface area contributed by atoms with E-state index in [4.69, 9.17) is 19.8 Å². The Bertz CT molecular complexity index is 155. The van der Waals surface area contributed by atoms with E-state index in [1.165, 1.54) is 0 Å². The molecule has 0 N–H and O–H groups in total. The third kappa shape index (κ3) is 22.7. The molecule has 0 aromatic rings. The summed E-state index contributed by atoms with van der Waals surface area (Å²) in [7, 11) is 0. The first kappa shape index (κ1) is 17.6. The Kier molecular flexibility index (Phi) is 15.5. The normalized spacial score (nSPS) is 6.67. The maximum absolute atomic E-state index is 9.24. The number of carbonyl (C=O) groups excluding carboxylic acids is 3. The van der Waals surface area contributed by atoms with Gasteiger partial charge < -0.3 is 19.8 Å². The van der Waals surface area contributed by atoms with Gasteiger partial charge in [0.15, 0.2) is 0 Å². The van der Waals surface area contributed by atoms with Crippen LogP contribution in [0.25, 0.3) is 0 Å². The molecule has 0 saturated carbocycles. The number of carboxylic acid groups (broad SMARTS) is 3. The van der Waals surface area contributed by atoms with Crippen molar-refractivity contribution < 1.29 is 65.7 Å². The van der Waals surface area contributed by atoms with Crippen LogP contribution in [0.4, 0.5) is 0 Å². The van der Waals surface area contributed by atoms with Gasteiger partial charge in [0.05, 0.1) is 11.9 Å². The van der Waals surface area contributed by atoms with E-state index >= 15 is 0 Å². The van der Waals surface area contributed by atoms with Crippen molar-refractivity contribution in [1.29, 1.82) is 0 Å². The van der Waals surface area contributed by atoms with Gasteiger partial charge in [0.25, 0.3) is 0 Å². The molecule has 12 heavy (non-hydrogen) atoms. The molecule has 0 aromatic carbocycles. The van der Waals surface area contributed by atoms with Crippen LogP contribution in [0.3, 0.4) is 0 Å². The van der Waals surface area contributed by atoms with Crippen molar-refractivity contribution in [3.05, 3.63) is 0 Å². The predicted octanol–water partition coefficient (Wildman–Crippen LogP) is -4.81. The summed E-state index contributed by atoms with van der Waals surface area (Å²) in [6.07, 6.45) is 0. The molecule has 0 aliphatic rings. The number of aliphatic carboxylic acids is 3. The summed E-state index contributed by atoms with van der Waals surface area (Å²) in [5.74, 6) is -5.39. The summed E-state index contributed by atoms with van der Waals surface area (Å²) in [4.78, 5) is 27.1. The summed E-state index contributed by atoms with van der Waals surface area (Å²) in [5.41, 5.74) is 0. The molecule has 0 amide bonds. The topological polar surface area (TPSA) is 120 Å². The van der Waals surface area contributed by atoms with Crippen LogP contribution in [0.1, 0.15) is 0 Å². The molecule has 0 aliphatic heterocycles. The van der Waals surface area contributed by atoms with E-state index in [-0.39, 0.29) is 23.7 Å². The van der Waals surface area contributed by atoms with Gasteiger partial charge in [-0.3, -0.25) is 0 Å². The van der Waals surface area contributed by atoms with Crippen LogP contribution in [0.5, 0.6) is 0 Å². The second-order valence-electron chi connectivity index (χ2n) is 1.11. The van der Waals surface area contributed by atoms with Crippen LogP contribution in [0, 0.1) is 0 Å². The zero-order chi connectivity index (χ0) is 9.44. The Morgan fingerprint density at radius 1 is 1.00 bits per heavy atom. The minimum absolute atomic E-state index is 0. The Morgan fingerprint density at radius 2 is 1.17 bits per heavy atom. The van der Waals surface area contributed by atoms with Gasteiger partial charge in [-0.25, -0.2) is 0 Å². The molecule has 0 aromatic heterocycles. The monoisotopic (exact) mass is 248 g/mol. The van der Waals surface area contributed by atoms with Crippen molar-refractivity contribution in [3.8, 4) is 0 Å². The van der Waals surface area contributed by atoms with Crippen molar-refractivity contribution in [3.63, 3.8) is 0 Å². The average Bonchev–Trinajstić information content (AvgIpc) is 1.89. The van der Waals surface area contributed by atoms with Crippen molar-refractivity contribution in [2.45, 2.75) is 5.13 Å². The first-order valence-corrected chi connectivity index (χ1v) is 3.13. The summed E-state index contributed by atoms with van der Waals surface area (Å²) < 4.78 is 0. The van der Waals surface area contributed by atoms with E-state index in [1.807, 2.05) is 17.4 Å². The SMILES string of the molecule is O=C([O-])C(=O)[O-].O=C([O-])[CH2][V].[V+3]. The summed E-state index contributed by atoms with van der Waals surface area (Å²) in [5, 5.41) is 27.1. The molecule has 0 unspecified atom stereocenters. The van der Waals surface area contributed by atoms with E-state index in [1.54, 1.807) is 0 Å². The Hall–Kier alpha value is -0.421. The molecule has 0 fully saturated rings. The van der Waals surface area contributed by atoms with Gasteiger partial charge in [-0.15, -0.1) is 0 Å². The van der Waals surface area contributed by atoms with Crippen LogP contribution in [-0.4, -0.2) is 17.9 Å². The second kappa shape index (κ2) is 10.6. The van der Waals surface area contributed by atoms with E-state index in [9.17, 15) is 9.90 Å². The molecule has 0 rings (SSSR count). The van der Waals surface area contributed by atoms with Gasteiger partial charge in [-0.2, -0.15) is 0 Å². The van der Waals surface area contributed by atoms with Gasteiger partial charge in [0.2, 0.25) is 0 Å². The van der Waals surface area contributed by atoms with Crippen LogP contribution in [0.2, 0.25) is 5.13 Å². The first-order valence-electron chi connectivity index (χ1n) is 2.14. The number of hydrogen-bond acceptors (Lipinski definition) is 6. The average molecular weight is 248 g/mol. The molecular weight excluding hydrogens is 246 g/mol. The summed E-state index contributed by atoms with van der Waals surface area (Å²) >= 11 is 1.91. The Labute approximate surface area is 88.8 Å². The van der Waals surface area contributed by atoms with Gasteiger partial charge in [0, 0.05) is 0 Å². The first-order chi connectivity index (χ1) is 4.91. The van der Waals surface area contributed by atoms with E-state index in [0.717, 1.165) is 0 Å². The fraction of sp³-hybridized carbons (Fsp3) is 0.250. The second-order valence-corrected chi connectivity index (χ2v) is 1.60. The molecular formula is C4H2O6V2. The number of rotatable bonds is 1. The number of carboxylic acids is 3. The summed E-state index contributed by atoms with van der Waals surface area (Å²) in [6, 6.07) is 0. The van der Waals surface area contributed by atoms with Crippen LogP contribution in [0.15, 0.2) is 0 Å². The molecule has 0 saturated heterocycles. The minimum atomic E-state index is -2.19. The smallest absolute Gasteiger partial charge is 3.00 e. The zero-order valence-electron chi connectivity index (χ0n) is 5.55. The third-order valence-electron chi connectivity index (χ3n) is 0.296. The zero-order valence-corrected chi connectivity index (χ0v) is 8.34. The standard InChI is InChI=1S/C2H2O4.C2H3O2.2V/c3-1(4)2(5)6;1-2(3)4;;/h(H,3,4)(H,5,6);1H2,(H,3,4);;/q;;;+3/p-3. The van der Waals surface area contributed by atoms with Crippen LogP contribution < -0.4 is 15.3 Å². The molecule has 0 radical (unpaired) electrons. The van der Waals surface area contributed by atoms with Crippen molar-refractivity contribution in [1.82, 2.24) is 0 Å². The fourth-order valence-electron chi connectivity index (χ4n) is 0. The van der Waals surface area contributed by atoms with Crippen molar-refractivity contribution >= 4 is 17.9 Å². The third-order valence-corrected chi connectivity index (χ3v) is 0.699. The van der Waals surface area contributed by atoms with Gasteiger partial charge in [-0.1, -0.05) is 0 Å². The molecule has 0 heterocycles. The van der Waals surface area contributed by atoms with E-state index in [0.29, 0.717) is 0 Å². The number of hydrogen-bond donors (Lipinski definition) is 0. The van der Waals surface area contributed by atoms with E-state index in [2.05, 4.69) is 0 Å². The molecule has 64 valence electrons. The molecule has 0 atom stereocenters. The van der Waals surface area contributed by atoms with E-state index < -0.39 is 17.9 Å². The number of carbonyl (C=O) groups is 3. The van der Waals surface area contributed by atoms with Crippen molar-refractivity contribution in [2.75, 3.05) is 0 Å². The van der Waals surface area contributed by atoms with Gasteiger partial charge in [0.1, 0.15) is 0 Å². The maximum Gasteiger partial charge on any atom is 3.00 e. The minimum Gasteiger partial charge on any atom is 3.00 e. The molecule has 6 nitrogen and oxygen atoms in total.